The van der Waals surface area contributed by atoms with Gasteiger partial charge in [0.2, 0.25) is 11.8 Å². The van der Waals surface area contributed by atoms with E-state index in [1.54, 1.807) is 33.5 Å². The first-order chi connectivity index (χ1) is 10.2. The van der Waals surface area contributed by atoms with Gasteiger partial charge < -0.3 is 19.5 Å². The predicted octanol–water partition coefficient (Wildman–Crippen LogP) is 2.77. The van der Waals surface area contributed by atoms with E-state index in [0.29, 0.717) is 34.6 Å². The Hall–Kier alpha value is -2.21. The molecule has 6 nitrogen and oxygen atoms in total. The van der Waals surface area contributed by atoms with E-state index in [1.165, 1.54) is 6.33 Å². The number of methoxy groups -OCH3 is 3. The van der Waals surface area contributed by atoms with Gasteiger partial charge in [0.1, 0.15) is 12.1 Å². The average Bonchev–Trinajstić information content (AvgIpc) is 2.53. The van der Waals surface area contributed by atoms with Crippen LogP contribution < -0.4 is 19.5 Å². The van der Waals surface area contributed by atoms with Gasteiger partial charge in [-0.3, -0.25) is 0 Å². The standard InChI is InChI=1S/C14H16ClN3O3/c1-19-9-4-5-11(15)12(6-9)16-7-10-13(20-2)17-8-18-14(10)21-3/h4-6,8,16H,7H2,1-3H3. The minimum absolute atomic E-state index is 0.403. The van der Waals surface area contributed by atoms with Crippen LogP contribution in [0.15, 0.2) is 24.5 Å². The van der Waals surface area contributed by atoms with Crippen molar-refractivity contribution in [2.24, 2.45) is 0 Å². The van der Waals surface area contributed by atoms with Crippen LogP contribution in [0.1, 0.15) is 5.56 Å². The number of anilines is 1. The summed E-state index contributed by atoms with van der Waals surface area (Å²) in [7, 11) is 4.69. The Morgan fingerprint density at radius 1 is 1.05 bits per heavy atom. The minimum Gasteiger partial charge on any atom is -0.497 e. The first-order valence-corrected chi connectivity index (χ1v) is 6.56. The van der Waals surface area contributed by atoms with Crippen molar-refractivity contribution < 1.29 is 14.2 Å². The van der Waals surface area contributed by atoms with Crippen LogP contribution in [0.5, 0.6) is 17.5 Å². The van der Waals surface area contributed by atoms with Crippen LogP contribution in [-0.4, -0.2) is 31.3 Å². The zero-order valence-electron chi connectivity index (χ0n) is 12.0. The summed E-state index contributed by atoms with van der Waals surface area (Å²) >= 11 is 6.15. The van der Waals surface area contributed by atoms with Crippen molar-refractivity contribution in [1.29, 1.82) is 0 Å². The zero-order chi connectivity index (χ0) is 15.2. The minimum atomic E-state index is 0.403. The second-order valence-corrected chi connectivity index (χ2v) is 4.48. The zero-order valence-corrected chi connectivity index (χ0v) is 12.8. The molecule has 1 aromatic heterocycles. The van der Waals surface area contributed by atoms with Gasteiger partial charge in [0.15, 0.2) is 0 Å². The van der Waals surface area contributed by atoms with E-state index in [9.17, 15) is 0 Å². The molecule has 0 spiro atoms. The molecule has 0 radical (unpaired) electrons. The number of benzene rings is 1. The van der Waals surface area contributed by atoms with Crippen LogP contribution >= 0.6 is 11.6 Å². The molecule has 0 saturated heterocycles. The van der Waals surface area contributed by atoms with Gasteiger partial charge >= 0.3 is 0 Å². The quantitative estimate of drug-likeness (QED) is 0.885. The topological polar surface area (TPSA) is 65.5 Å². The van der Waals surface area contributed by atoms with Crippen LogP contribution in [0.25, 0.3) is 0 Å². The summed E-state index contributed by atoms with van der Waals surface area (Å²) in [5.41, 5.74) is 1.45. The Morgan fingerprint density at radius 3 is 2.29 bits per heavy atom. The van der Waals surface area contributed by atoms with Gasteiger partial charge in [-0.05, 0) is 12.1 Å². The number of hydrogen-bond donors (Lipinski definition) is 1. The first-order valence-electron chi connectivity index (χ1n) is 6.18. The second kappa shape index (κ2) is 6.99. The van der Waals surface area contributed by atoms with Gasteiger partial charge in [0.25, 0.3) is 0 Å². The molecule has 7 heteroatoms. The van der Waals surface area contributed by atoms with Crippen molar-refractivity contribution in [3.05, 3.63) is 35.1 Å². The molecular formula is C14H16ClN3O3. The molecule has 0 aliphatic heterocycles. The van der Waals surface area contributed by atoms with Gasteiger partial charge in [-0.2, -0.15) is 0 Å². The van der Waals surface area contributed by atoms with Crippen molar-refractivity contribution in [1.82, 2.24) is 9.97 Å². The lowest BCUT2D eigenvalue weighted by molar-refractivity contribution is 0.363. The van der Waals surface area contributed by atoms with E-state index in [-0.39, 0.29) is 0 Å². The molecule has 0 aliphatic rings. The molecule has 0 bridgehead atoms. The van der Waals surface area contributed by atoms with Gasteiger partial charge in [-0.25, -0.2) is 9.97 Å². The third-order valence-corrected chi connectivity index (χ3v) is 3.21. The number of hydrogen-bond acceptors (Lipinski definition) is 6. The molecule has 0 atom stereocenters. The van der Waals surface area contributed by atoms with E-state index in [1.807, 2.05) is 6.07 Å². The fourth-order valence-corrected chi connectivity index (χ4v) is 2.02. The monoisotopic (exact) mass is 309 g/mol. The van der Waals surface area contributed by atoms with Crippen molar-refractivity contribution in [3.63, 3.8) is 0 Å². The summed E-state index contributed by atoms with van der Waals surface area (Å²) in [5, 5.41) is 3.79. The molecule has 0 aliphatic carbocycles. The Balaban J connectivity index is 2.24. The maximum Gasteiger partial charge on any atom is 0.225 e. The number of nitrogens with one attached hydrogen (secondary N) is 1. The number of halogens is 1. The van der Waals surface area contributed by atoms with Crippen LogP contribution in [0.4, 0.5) is 5.69 Å². The van der Waals surface area contributed by atoms with Crippen molar-refractivity contribution in [2.45, 2.75) is 6.54 Å². The Kier molecular flexibility index (Phi) is 5.05. The summed E-state index contributed by atoms with van der Waals surface area (Å²) in [6.07, 6.45) is 1.39. The van der Waals surface area contributed by atoms with E-state index in [2.05, 4.69) is 15.3 Å². The van der Waals surface area contributed by atoms with E-state index in [0.717, 1.165) is 5.69 Å². The fourth-order valence-electron chi connectivity index (χ4n) is 1.83. The molecule has 1 heterocycles. The Bertz CT molecular complexity index is 600. The highest BCUT2D eigenvalue weighted by Crippen LogP contribution is 2.29. The molecule has 2 aromatic rings. The molecule has 1 aromatic carbocycles. The summed E-state index contributed by atoms with van der Waals surface area (Å²) in [4.78, 5) is 8.13. The highest BCUT2D eigenvalue weighted by molar-refractivity contribution is 6.33. The first kappa shape index (κ1) is 15.2. The number of rotatable bonds is 6. The molecule has 112 valence electrons. The molecule has 2 rings (SSSR count). The SMILES string of the molecule is COc1ccc(Cl)c(NCc2c(OC)ncnc2OC)c1. The summed E-state index contributed by atoms with van der Waals surface area (Å²) in [6, 6.07) is 5.37. The molecule has 0 unspecified atom stereocenters. The van der Waals surface area contributed by atoms with E-state index in [4.69, 9.17) is 25.8 Å². The summed E-state index contributed by atoms with van der Waals surface area (Å²) in [5.74, 6) is 1.62. The molecule has 21 heavy (non-hydrogen) atoms. The Labute approximate surface area is 128 Å². The molecule has 0 saturated carbocycles. The number of aromatic nitrogens is 2. The van der Waals surface area contributed by atoms with Crippen LogP contribution in [0.2, 0.25) is 5.02 Å². The largest absolute Gasteiger partial charge is 0.497 e. The molecule has 1 N–H and O–H groups in total. The summed E-state index contributed by atoms with van der Waals surface area (Å²) in [6.45, 7) is 0.403. The third kappa shape index (κ3) is 3.46. The van der Waals surface area contributed by atoms with E-state index >= 15 is 0 Å². The van der Waals surface area contributed by atoms with Crippen LogP contribution in [0.3, 0.4) is 0 Å². The van der Waals surface area contributed by atoms with Crippen molar-refractivity contribution in [2.75, 3.05) is 26.6 Å². The molecule has 0 fully saturated rings. The second-order valence-electron chi connectivity index (χ2n) is 4.07. The normalized spacial score (nSPS) is 10.1. The van der Waals surface area contributed by atoms with Crippen molar-refractivity contribution in [3.8, 4) is 17.5 Å². The Morgan fingerprint density at radius 2 is 1.71 bits per heavy atom. The van der Waals surface area contributed by atoms with Crippen LogP contribution in [-0.2, 0) is 6.54 Å². The lowest BCUT2D eigenvalue weighted by Crippen LogP contribution is -2.07. The maximum absolute atomic E-state index is 6.15. The van der Waals surface area contributed by atoms with E-state index < -0.39 is 0 Å². The van der Waals surface area contributed by atoms with Gasteiger partial charge in [0, 0.05) is 6.07 Å². The molecular weight excluding hydrogens is 294 g/mol. The maximum atomic E-state index is 6.15. The highest BCUT2D eigenvalue weighted by Gasteiger charge is 2.13. The summed E-state index contributed by atoms with van der Waals surface area (Å²) < 4.78 is 15.6. The fraction of sp³-hybridized carbons (Fsp3) is 0.286. The van der Waals surface area contributed by atoms with Gasteiger partial charge in [-0.1, -0.05) is 11.6 Å². The highest BCUT2D eigenvalue weighted by atomic mass is 35.5. The lowest BCUT2D eigenvalue weighted by Gasteiger charge is -2.13. The molecule has 0 amide bonds. The smallest absolute Gasteiger partial charge is 0.225 e. The van der Waals surface area contributed by atoms with Gasteiger partial charge in [0.05, 0.1) is 44.1 Å². The van der Waals surface area contributed by atoms with Crippen LogP contribution in [0, 0.1) is 0 Å². The van der Waals surface area contributed by atoms with Crippen molar-refractivity contribution >= 4 is 17.3 Å². The van der Waals surface area contributed by atoms with Gasteiger partial charge in [-0.15, -0.1) is 0 Å². The lowest BCUT2D eigenvalue weighted by atomic mass is 10.2. The average molecular weight is 310 g/mol. The number of nitrogens with zero attached hydrogens (tertiary/aromatic N) is 2. The number of ether oxygens (including phenoxy) is 3. The third-order valence-electron chi connectivity index (χ3n) is 2.88. The predicted molar refractivity (Wildman–Crippen MR) is 80.5 cm³/mol.